The number of nitrogens with zero attached hydrogens (tertiary/aromatic N) is 4. The first-order valence-corrected chi connectivity index (χ1v) is 5.27. The van der Waals surface area contributed by atoms with Crippen LogP contribution < -0.4 is 10.5 Å². The molecule has 0 saturated carbocycles. The molecular weight excluding hydrogens is 238 g/mol. The van der Waals surface area contributed by atoms with E-state index in [1.54, 1.807) is 6.07 Å². The first-order chi connectivity index (χ1) is 8.60. The molecule has 8 nitrogen and oxygen atoms in total. The highest BCUT2D eigenvalue weighted by atomic mass is 16.5. The maximum Gasteiger partial charge on any atom is 0.213 e. The first-order valence-electron chi connectivity index (χ1n) is 5.27. The highest BCUT2D eigenvalue weighted by Crippen LogP contribution is 2.25. The molecule has 0 bridgehead atoms. The maximum absolute atomic E-state index is 9.91. The lowest BCUT2D eigenvalue weighted by molar-refractivity contribution is 0.0127. The molecule has 2 atom stereocenters. The van der Waals surface area contributed by atoms with E-state index in [4.69, 9.17) is 16.0 Å². The van der Waals surface area contributed by atoms with Crippen LogP contribution in [0.4, 0.5) is 5.69 Å². The fourth-order valence-corrected chi connectivity index (χ4v) is 1.39. The monoisotopic (exact) mass is 253 g/mol. The minimum atomic E-state index is -1.26. The van der Waals surface area contributed by atoms with E-state index < -0.39 is 12.2 Å². The lowest BCUT2D eigenvalue weighted by Crippen LogP contribution is -2.21. The number of pyridine rings is 1. The van der Waals surface area contributed by atoms with Crippen LogP contribution in [0.25, 0.3) is 10.4 Å². The van der Waals surface area contributed by atoms with Gasteiger partial charge in [-0.05, 0) is 18.0 Å². The summed E-state index contributed by atoms with van der Waals surface area (Å²) in [5.74, 6) is 0.292. The van der Waals surface area contributed by atoms with Crippen molar-refractivity contribution in [3.8, 4) is 5.88 Å². The van der Waals surface area contributed by atoms with Crippen LogP contribution in [0.15, 0.2) is 17.2 Å². The van der Waals surface area contributed by atoms with Crippen molar-refractivity contribution >= 4 is 5.69 Å². The van der Waals surface area contributed by atoms with Crippen LogP contribution in [0.1, 0.15) is 18.2 Å². The predicted octanol–water partition coefficient (Wildman–Crippen LogP) is 0.767. The van der Waals surface area contributed by atoms with Crippen molar-refractivity contribution in [2.75, 3.05) is 19.4 Å². The van der Waals surface area contributed by atoms with Gasteiger partial charge >= 0.3 is 0 Å². The van der Waals surface area contributed by atoms with Gasteiger partial charge < -0.3 is 20.7 Å². The maximum atomic E-state index is 9.91. The smallest absolute Gasteiger partial charge is 0.213 e. The molecule has 0 aromatic carbocycles. The lowest BCUT2D eigenvalue weighted by atomic mass is 10.1. The van der Waals surface area contributed by atoms with E-state index in [-0.39, 0.29) is 24.3 Å². The van der Waals surface area contributed by atoms with E-state index in [2.05, 4.69) is 15.0 Å². The standard InChI is InChI=1S/C10H15N5O3/c1-18-8-3-2-6(11)9(14-8)10(17)7(16)4-5-13-15-12/h2-3,7,10,16-17H,4-5,11H2,1H3. The Bertz CT molecular complexity index is 447. The number of aliphatic hydroxyl groups excluding tert-OH is 2. The molecule has 1 heterocycles. The number of aromatic nitrogens is 1. The van der Waals surface area contributed by atoms with E-state index in [1.807, 2.05) is 0 Å². The van der Waals surface area contributed by atoms with E-state index >= 15 is 0 Å². The largest absolute Gasteiger partial charge is 0.481 e. The molecule has 1 aromatic rings. The Morgan fingerprint density at radius 3 is 2.89 bits per heavy atom. The van der Waals surface area contributed by atoms with Crippen molar-refractivity contribution in [1.29, 1.82) is 0 Å². The van der Waals surface area contributed by atoms with Crippen LogP contribution in [-0.2, 0) is 0 Å². The molecule has 0 aliphatic carbocycles. The molecule has 0 saturated heterocycles. The number of anilines is 1. The molecule has 1 rings (SSSR count). The summed E-state index contributed by atoms with van der Waals surface area (Å²) < 4.78 is 4.91. The van der Waals surface area contributed by atoms with Gasteiger partial charge in [0.15, 0.2) is 0 Å². The van der Waals surface area contributed by atoms with E-state index in [1.165, 1.54) is 13.2 Å². The topological polar surface area (TPSA) is 137 Å². The van der Waals surface area contributed by atoms with Gasteiger partial charge in [-0.15, -0.1) is 0 Å². The molecule has 0 aliphatic heterocycles. The molecule has 8 heteroatoms. The third kappa shape index (κ3) is 3.49. The van der Waals surface area contributed by atoms with Crippen LogP contribution in [0, 0.1) is 0 Å². The highest BCUT2D eigenvalue weighted by Gasteiger charge is 2.22. The summed E-state index contributed by atoms with van der Waals surface area (Å²) in [5, 5.41) is 22.9. The van der Waals surface area contributed by atoms with Gasteiger partial charge in [0.2, 0.25) is 5.88 Å². The number of ether oxygens (including phenoxy) is 1. The normalized spacial score (nSPS) is 13.5. The second-order valence-electron chi connectivity index (χ2n) is 3.58. The molecule has 4 N–H and O–H groups in total. The fraction of sp³-hybridized carbons (Fsp3) is 0.500. The summed E-state index contributed by atoms with van der Waals surface area (Å²) >= 11 is 0. The Kier molecular flexibility index (Phi) is 5.19. The summed E-state index contributed by atoms with van der Waals surface area (Å²) in [4.78, 5) is 6.54. The van der Waals surface area contributed by atoms with Gasteiger partial charge in [-0.3, -0.25) is 0 Å². The van der Waals surface area contributed by atoms with Crippen molar-refractivity contribution in [2.45, 2.75) is 18.6 Å². The minimum Gasteiger partial charge on any atom is -0.481 e. The van der Waals surface area contributed by atoms with Gasteiger partial charge in [-0.25, -0.2) is 4.98 Å². The van der Waals surface area contributed by atoms with Crippen molar-refractivity contribution in [1.82, 2.24) is 4.98 Å². The van der Waals surface area contributed by atoms with E-state index in [9.17, 15) is 10.2 Å². The van der Waals surface area contributed by atoms with Gasteiger partial charge in [0.05, 0.1) is 24.6 Å². The second kappa shape index (κ2) is 6.65. The van der Waals surface area contributed by atoms with Crippen molar-refractivity contribution in [3.05, 3.63) is 28.3 Å². The lowest BCUT2D eigenvalue weighted by Gasteiger charge is -2.18. The van der Waals surface area contributed by atoms with Crippen LogP contribution >= 0.6 is 0 Å². The fourth-order valence-electron chi connectivity index (χ4n) is 1.39. The predicted molar refractivity (Wildman–Crippen MR) is 64.8 cm³/mol. The zero-order valence-corrected chi connectivity index (χ0v) is 9.89. The Hall–Kier alpha value is -2.02. The SMILES string of the molecule is COc1ccc(N)c(C(O)C(O)CCN=[N+]=[N-])n1. The number of rotatable bonds is 6. The zero-order chi connectivity index (χ0) is 13.5. The van der Waals surface area contributed by atoms with Gasteiger partial charge in [0, 0.05) is 17.5 Å². The molecule has 0 aliphatic rings. The Morgan fingerprint density at radius 1 is 1.56 bits per heavy atom. The number of aliphatic hydroxyl groups is 2. The van der Waals surface area contributed by atoms with Crippen molar-refractivity contribution in [2.24, 2.45) is 5.11 Å². The molecule has 0 fully saturated rings. The molecule has 1 aromatic heterocycles. The minimum absolute atomic E-state index is 0.0819. The zero-order valence-electron chi connectivity index (χ0n) is 9.89. The molecule has 98 valence electrons. The number of nitrogens with two attached hydrogens (primary N) is 1. The molecular formula is C10H15N5O3. The third-order valence-electron chi connectivity index (χ3n) is 2.37. The quantitative estimate of drug-likeness (QED) is 0.390. The van der Waals surface area contributed by atoms with Gasteiger partial charge in [0.25, 0.3) is 0 Å². The number of methoxy groups -OCH3 is 1. The third-order valence-corrected chi connectivity index (χ3v) is 2.37. The summed E-state index contributed by atoms with van der Waals surface area (Å²) in [6.45, 7) is 0.0819. The van der Waals surface area contributed by atoms with E-state index in [0.29, 0.717) is 5.88 Å². The average molecular weight is 253 g/mol. The summed E-state index contributed by atoms with van der Waals surface area (Å²) in [7, 11) is 1.44. The number of hydrogen-bond acceptors (Lipinski definition) is 6. The first kappa shape index (κ1) is 14.0. The summed E-state index contributed by atoms with van der Waals surface area (Å²) in [6, 6.07) is 3.09. The number of azide groups is 1. The number of hydrogen-bond donors (Lipinski definition) is 3. The van der Waals surface area contributed by atoms with Crippen LogP contribution in [0.3, 0.4) is 0 Å². The Balaban J connectivity index is 2.81. The van der Waals surface area contributed by atoms with Gasteiger partial charge in [-0.1, -0.05) is 5.11 Å². The molecule has 0 spiro atoms. The average Bonchev–Trinajstić information content (AvgIpc) is 2.38. The van der Waals surface area contributed by atoms with Crippen LogP contribution in [0.2, 0.25) is 0 Å². The van der Waals surface area contributed by atoms with Gasteiger partial charge in [0.1, 0.15) is 6.10 Å². The Labute approximate surface area is 104 Å². The molecule has 2 unspecified atom stereocenters. The molecule has 0 amide bonds. The second-order valence-corrected chi connectivity index (χ2v) is 3.58. The van der Waals surface area contributed by atoms with Crippen molar-refractivity contribution < 1.29 is 14.9 Å². The molecule has 18 heavy (non-hydrogen) atoms. The molecule has 0 radical (unpaired) electrons. The summed E-state index contributed by atoms with van der Waals surface area (Å²) in [5.41, 5.74) is 14.2. The van der Waals surface area contributed by atoms with Crippen LogP contribution in [-0.4, -0.2) is 35.0 Å². The van der Waals surface area contributed by atoms with Gasteiger partial charge in [-0.2, -0.15) is 0 Å². The highest BCUT2D eigenvalue weighted by molar-refractivity contribution is 5.45. The number of nitrogen functional groups attached to an aromatic ring is 1. The van der Waals surface area contributed by atoms with Crippen molar-refractivity contribution in [3.63, 3.8) is 0 Å². The summed E-state index contributed by atoms with van der Waals surface area (Å²) in [6.07, 6.45) is -2.25. The van der Waals surface area contributed by atoms with E-state index in [0.717, 1.165) is 0 Å². The van der Waals surface area contributed by atoms with Crippen LogP contribution in [0.5, 0.6) is 5.88 Å². The Morgan fingerprint density at radius 2 is 2.28 bits per heavy atom.